The first-order chi connectivity index (χ1) is 12.2. The predicted molar refractivity (Wildman–Crippen MR) is 100 cm³/mol. The molecule has 9 heteroatoms. The van der Waals surface area contributed by atoms with Crippen molar-refractivity contribution in [3.8, 4) is 11.4 Å². The molecule has 1 amide bonds. The molecule has 0 unspecified atom stereocenters. The van der Waals surface area contributed by atoms with Crippen LogP contribution in [-0.4, -0.2) is 44.0 Å². The van der Waals surface area contributed by atoms with Gasteiger partial charge >= 0.3 is 0 Å². The monoisotopic (exact) mass is 373 g/mol. The number of amides is 1. The minimum absolute atomic E-state index is 0. The standard InChI is InChI=1S/C17H19N7O.ClH/c1-24-9-12(6-21-24)14-7-18-8-15(14)17(25)22-13-4-2-3-11(5-13)16-19-10-20-23-16;/h2-6,9-10,14-15,18H,7-8H2,1H3,(H,22,25)(H,19,20,23);1H/t14-,15+;/m1./s1. The van der Waals surface area contributed by atoms with Crippen molar-refractivity contribution in [2.45, 2.75) is 5.92 Å². The van der Waals surface area contributed by atoms with Gasteiger partial charge in [0.2, 0.25) is 5.91 Å². The molecule has 2 aromatic heterocycles. The van der Waals surface area contributed by atoms with Gasteiger partial charge in [0.25, 0.3) is 0 Å². The van der Waals surface area contributed by atoms with Crippen molar-refractivity contribution in [2.24, 2.45) is 13.0 Å². The molecule has 3 heterocycles. The molecule has 0 bridgehead atoms. The van der Waals surface area contributed by atoms with Crippen LogP contribution in [0.3, 0.4) is 0 Å². The Morgan fingerprint density at radius 3 is 2.96 bits per heavy atom. The molecule has 136 valence electrons. The minimum Gasteiger partial charge on any atom is -0.326 e. The van der Waals surface area contributed by atoms with Crippen molar-refractivity contribution >= 4 is 24.0 Å². The maximum Gasteiger partial charge on any atom is 0.229 e. The third kappa shape index (κ3) is 3.61. The first-order valence-corrected chi connectivity index (χ1v) is 8.16. The highest BCUT2D eigenvalue weighted by Crippen LogP contribution is 2.29. The Kier molecular flexibility index (Phi) is 5.34. The van der Waals surface area contributed by atoms with Gasteiger partial charge in [0, 0.05) is 43.5 Å². The number of aryl methyl sites for hydroxylation is 1. The Morgan fingerprint density at radius 1 is 1.35 bits per heavy atom. The number of aromatic amines is 1. The summed E-state index contributed by atoms with van der Waals surface area (Å²) in [6.07, 6.45) is 5.27. The molecule has 0 radical (unpaired) electrons. The van der Waals surface area contributed by atoms with E-state index < -0.39 is 0 Å². The topological polar surface area (TPSA) is 101 Å². The SMILES string of the molecule is Cl.Cn1cc([C@H]2CNC[C@@H]2C(=O)Nc2cccc(-c3ncn[nH]3)c2)cn1. The fourth-order valence-electron chi connectivity index (χ4n) is 3.26. The molecule has 1 saturated heterocycles. The fourth-order valence-corrected chi connectivity index (χ4v) is 3.26. The third-order valence-corrected chi connectivity index (χ3v) is 4.52. The number of anilines is 1. The van der Waals surface area contributed by atoms with Crippen LogP contribution >= 0.6 is 12.4 Å². The zero-order valence-corrected chi connectivity index (χ0v) is 15.0. The van der Waals surface area contributed by atoms with Crippen molar-refractivity contribution in [3.63, 3.8) is 0 Å². The van der Waals surface area contributed by atoms with Gasteiger partial charge < -0.3 is 10.6 Å². The van der Waals surface area contributed by atoms with E-state index in [1.54, 1.807) is 4.68 Å². The predicted octanol–water partition coefficient (Wildman–Crippen LogP) is 1.57. The van der Waals surface area contributed by atoms with Gasteiger partial charge in [0.1, 0.15) is 6.33 Å². The van der Waals surface area contributed by atoms with E-state index >= 15 is 0 Å². The van der Waals surface area contributed by atoms with E-state index in [1.165, 1.54) is 6.33 Å². The molecule has 2 atom stereocenters. The molecule has 1 aliphatic heterocycles. The van der Waals surface area contributed by atoms with Crippen LogP contribution in [0.5, 0.6) is 0 Å². The number of carbonyl (C=O) groups is 1. The second-order valence-electron chi connectivity index (χ2n) is 6.22. The van der Waals surface area contributed by atoms with Crippen molar-refractivity contribution in [2.75, 3.05) is 18.4 Å². The smallest absolute Gasteiger partial charge is 0.229 e. The van der Waals surface area contributed by atoms with Crippen LogP contribution in [0.15, 0.2) is 43.0 Å². The van der Waals surface area contributed by atoms with Crippen molar-refractivity contribution in [1.29, 1.82) is 0 Å². The van der Waals surface area contributed by atoms with Crippen LogP contribution in [0.1, 0.15) is 11.5 Å². The minimum atomic E-state index is -0.127. The summed E-state index contributed by atoms with van der Waals surface area (Å²) >= 11 is 0. The molecule has 8 nitrogen and oxygen atoms in total. The average molecular weight is 374 g/mol. The Hall–Kier alpha value is -2.71. The van der Waals surface area contributed by atoms with Gasteiger partial charge in [-0.1, -0.05) is 12.1 Å². The van der Waals surface area contributed by atoms with Crippen LogP contribution < -0.4 is 10.6 Å². The van der Waals surface area contributed by atoms with Crippen LogP contribution in [0.4, 0.5) is 5.69 Å². The molecule has 0 spiro atoms. The average Bonchev–Trinajstić information content (AvgIpc) is 3.36. The summed E-state index contributed by atoms with van der Waals surface area (Å²) in [7, 11) is 1.88. The molecule has 0 saturated carbocycles. The van der Waals surface area contributed by atoms with Gasteiger partial charge in [-0.2, -0.15) is 10.2 Å². The van der Waals surface area contributed by atoms with Gasteiger partial charge in [-0.3, -0.25) is 14.6 Å². The highest BCUT2D eigenvalue weighted by atomic mass is 35.5. The largest absolute Gasteiger partial charge is 0.326 e. The molecule has 1 aliphatic rings. The molecule has 3 N–H and O–H groups in total. The number of benzene rings is 1. The van der Waals surface area contributed by atoms with E-state index in [4.69, 9.17) is 0 Å². The van der Waals surface area contributed by atoms with E-state index in [2.05, 4.69) is 30.9 Å². The van der Waals surface area contributed by atoms with Crippen LogP contribution in [0, 0.1) is 5.92 Å². The number of nitrogens with one attached hydrogen (secondary N) is 3. The van der Waals surface area contributed by atoms with Crippen molar-refractivity contribution in [1.82, 2.24) is 30.3 Å². The molecule has 1 aromatic carbocycles. The van der Waals surface area contributed by atoms with Crippen LogP contribution in [-0.2, 0) is 11.8 Å². The first kappa shape index (κ1) is 18.1. The Bertz CT molecular complexity index is 877. The highest BCUT2D eigenvalue weighted by Gasteiger charge is 2.34. The van der Waals surface area contributed by atoms with Gasteiger partial charge in [-0.25, -0.2) is 4.98 Å². The molecule has 0 aliphatic carbocycles. The summed E-state index contributed by atoms with van der Waals surface area (Å²) in [5.74, 6) is 0.685. The second-order valence-corrected chi connectivity index (χ2v) is 6.22. The van der Waals surface area contributed by atoms with Gasteiger partial charge in [0.15, 0.2) is 5.82 Å². The normalized spacial score (nSPS) is 19.1. The lowest BCUT2D eigenvalue weighted by atomic mass is 9.90. The fraction of sp³-hybridized carbons (Fsp3) is 0.294. The van der Waals surface area contributed by atoms with Crippen molar-refractivity contribution in [3.05, 3.63) is 48.5 Å². The Balaban J connectivity index is 0.00000196. The quantitative estimate of drug-likeness (QED) is 0.644. The second kappa shape index (κ2) is 7.67. The number of halogens is 1. The summed E-state index contributed by atoms with van der Waals surface area (Å²) in [4.78, 5) is 16.9. The number of H-pyrrole nitrogens is 1. The third-order valence-electron chi connectivity index (χ3n) is 4.52. The van der Waals surface area contributed by atoms with E-state index in [0.29, 0.717) is 12.4 Å². The van der Waals surface area contributed by atoms with Crippen LogP contribution in [0.2, 0.25) is 0 Å². The van der Waals surface area contributed by atoms with E-state index in [1.807, 2.05) is 43.7 Å². The van der Waals surface area contributed by atoms with Gasteiger partial charge in [-0.15, -0.1) is 12.4 Å². The molecule has 4 rings (SSSR count). The van der Waals surface area contributed by atoms with Gasteiger partial charge in [-0.05, 0) is 17.7 Å². The summed E-state index contributed by atoms with van der Waals surface area (Å²) in [5, 5.41) is 17.2. The van der Waals surface area contributed by atoms with Crippen LogP contribution in [0.25, 0.3) is 11.4 Å². The maximum atomic E-state index is 12.8. The van der Waals surface area contributed by atoms with E-state index in [9.17, 15) is 4.79 Å². The van der Waals surface area contributed by atoms with E-state index in [-0.39, 0.29) is 30.2 Å². The lowest BCUT2D eigenvalue weighted by molar-refractivity contribution is -0.119. The number of rotatable bonds is 4. The number of aromatic nitrogens is 5. The lowest BCUT2D eigenvalue weighted by Crippen LogP contribution is -2.28. The summed E-state index contributed by atoms with van der Waals surface area (Å²) in [6, 6.07) is 7.57. The zero-order chi connectivity index (χ0) is 17.2. The van der Waals surface area contributed by atoms with Gasteiger partial charge in [0.05, 0.1) is 12.1 Å². The Morgan fingerprint density at radius 2 is 2.23 bits per heavy atom. The Labute approximate surface area is 156 Å². The maximum absolute atomic E-state index is 12.8. The summed E-state index contributed by atoms with van der Waals surface area (Å²) in [6.45, 7) is 1.44. The highest BCUT2D eigenvalue weighted by molar-refractivity contribution is 5.94. The zero-order valence-electron chi connectivity index (χ0n) is 14.2. The van der Waals surface area contributed by atoms with E-state index in [0.717, 1.165) is 23.4 Å². The summed E-state index contributed by atoms with van der Waals surface area (Å²) in [5.41, 5.74) is 2.71. The lowest BCUT2D eigenvalue weighted by Gasteiger charge is -2.17. The summed E-state index contributed by atoms with van der Waals surface area (Å²) < 4.78 is 1.77. The first-order valence-electron chi connectivity index (χ1n) is 8.16. The number of hydrogen-bond donors (Lipinski definition) is 3. The number of carbonyl (C=O) groups excluding carboxylic acids is 1. The molecule has 26 heavy (non-hydrogen) atoms. The molecule has 1 fully saturated rings. The van der Waals surface area contributed by atoms with Crippen molar-refractivity contribution < 1.29 is 4.79 Å². The number of hydrogen-bond acceptors (Lipinski definition) is 5. The number of nitrogens with zero attached hydrogens (tertiary/aromatic N) is 4. The molecular formula is C17H20ClN7O. The molecular weight excluding hydrogens is 354 g/mol. The molecule has 3 aromatic rings.